The van der Waals surface area contributed by atoms with E-state index in [2.05, 4.69) is 0 Å². The van der Waals surface area contributed by atoms with Crippen LogP contribution in [0.3, 0.4) is 0 Å². The monoisotopic (exact) mass is 222 g/mol. The largest absolute Gasteiger partial charge is 0.488 e. The Morgan fingerprint density at radius 1 is 1.38 bits per heavy atom. The van der Waals surface area contributed by atoms with Gasteiger partial charge in [-0.25, -0.2) is 0 Å². The van der Waals surface area contributed by atoms with Crippen molar-refractivity contribution in [1.29, 1.82) is 0 Å². The highest BCUT2D eigenvalue weighted by Crippen LogP contribution is 2.25. The fourth-order valence-corrected chi connectivity index (χ4v) is 2.09. The zero-order valence-corrected chi connectivity index (χ0v) is 9.56. The highest BCUT2D eigenvalue weighted by atomic mass is 16.5. The van der Waals surface area contributed by atoms with Crippen molar-refractivity contribution in [3.8, 4) is 5.75 Å². The number of hydrogen-bond donors (Lipinski definition) is 1. The smallest absolute Gasteiger partial charge is 0.124 e. The molecule has 2 atom stereocenters. The van der Waals surface area contributed by atoms with Gasteiger partial charge in [0.25, 0.3) is 0 Å². The van der Waals surface area contributed by atoms with Crippen molar-refractivity contribution in [2.24, 2.45) is 0 Å². The third-order valence-electron chi connectivity index (χ3n) is 2.91. The van der Waals surface area contributed by atoms with Crippen LogP contribution in [0.4, 0.5) is 0 Å². The third-order valence-corrected chi connectivity index (χ3v) is 2.91. The molecule has 0 spiro atoms. The van der Waals surface area contributed by atoms with Crippen molar-refractivity contribution in [2.75, 3.05) is 7.11 Å². The summed E-state index contributed by atoms with van der Waals surface area (Å²) in [4.78, 5) is 0. The normalized spacial score (nSPS) is 24.6. The van der Waals surface area contributed by atoms with Crippen LogP contribution < -0.4 is 4.74 Å². The summed E-state index contributed by atoms with van der Waals surface area (Å²) in [6.07, 6.45) is 2.48. The summed E-state index contributed by atoms with van der Waals surface area (Å²) < 4.78 is 10.8. The molecule has 0 radical (unpaired) electrons. The molecule has 1 aromatic rings. The van der Waals surface area contributed by atoms with Gasteiger partial charge in [0, 0.05) is 7.11 Å². The SMILES string of the molecule is COCc1cccc(O[C@H]2CCC[C@@H]2O)c1. The Morgan fingerprint density at radius 2 is 2.25 bits per heavy atom. The van der Waals surface area contributed by atoms with E-state index in [1.54, 1.807) is 7.11 Å². The predicted octanol–water partition coefficient (Wildman–Crippen LogP) is 2.13. The first-order valence-electron chi connectivity index (χ1n) is 5.72. The summed E-state index contributed by atoms with van der Waals surface area (Å²) >= 11 is 0. The second kappa shape index (κ2) is 5.32. The van der Waals surface area contributed by atoms with E-state index < -0.39 is 0 Å². The second-order valence-corrected chi connectivity index (χ2v) is 4.23. The molecular formula is C13H18O3. The quantitative estimate of drug-likeness (QED) is 0.848. The minimum Gasteiger partial charge on any atom is -0.488 e. The maximum atomic E-state index is 9.67. The Labute approximate surface area is 96.0 Å². The van der Waals surface area contributed by atoms with Gasteiger partial charge in [0.1, 0.15) is 11.9 Å². The molecule has 1 aliphatic carbocycles. The lowest BCUT2D eigenvalue weighted by Crippen LogP contribution is -2.25. The van der Waals surface area contributed by atoms with Crippen LogP contribution in [0.2, 0.25) is 0 Å². The molecule has 3 heteroatoms. The maximum absolute atomic E-state index is 9.67. The summed E-state index contributed by atoms with van der Waals surface area (Å²) in [7, 11) is 1.67. The molecule has 0 bridgehead atoms. The number of ether oxygens (including phenoxy) is 2. The molecule has 1 N–H and O–H groups in total. The van der Waals surface area contributed by atoms with Gasteiger partial charge in [-0.15, -0.1) is 0 Å². The molecule has 2 rings (SSSR count). The fraction of sp³-hybridized carbons (Fsp3) is 0.538. The molecule has 1 saturated carbocycles. The van der Waals surface area contributed by atoms with Crippen LogP contribution in [-0.2, 0) is 11.3 Å². The lowest BCUT2D eigenvalue weighted by molar-refractivity contribution is 0.0602. The first kappa shape index (κ1) is 11.4. The van der Waals surface area contributed by atoms with Gasteiger partial charge in [0.2, 0.25) is 0 Å². The van der Waals surface area contributed by atoms with E-state index in [4.69, 9.17) is 9.47 Å². The standard InChI is InChI=1S/C13H18O3/c1-15-9-10-4-2-5-11(8-10)16-13-7-3-6-12(13)14/h2,4-5,8,12-14H,3,6-7,9H2,1H3/t12-,13-/m0/s1. The lowest BCUT2D eigenvalue weighted by Gasteiger charge is -2.17. The van der Waals surface area contributed by atoms with Crippen LogP contribution in [-0.4, -0.2) is 24.4 Å². The van der Waals surface area contributed by atoms with E-state index in [1.165, 1.54) is 0 Å². The summed E-state index contributed by atoms with van der Waals surface area (Å²) in [5.41, 5.74) is 1.09. The van der Waals surface area contributed by atoms with Crippen LogP contribution >= 0.6 is 0 Å². The molecule has 0 amide bonds. The Balaban J connectivity index is 2.00. The first-order chi connectivity index (χ1) is 7.79. The topological polar surface area (TPSA) is 38.7 Å². The molecule has 16 heavy (non-hydrogen) atoms. The van der Waals surface area contributed by atoms with E-state index in [-0.39, 0.29) is 12.2 Å². The van der Waals surface area contributed by atoms with Gasteiger partial charge in [-0.1, -0.05) is 12.1 Å². The van der Waals surface area contributed by atoms with Crippen molar-refractivity contribution in [3.05, 3.63) is 29.8 Å². The van der Waals surface area contributed by atoms with E-state index in [1.807, 2.05) is 24.3 Å². The number of hydrogen-bond acceptors (Lipinski definition) is 3. The molecule has 0 unspecified atom stereocenters. The molecule has 0 aromatic heterocycles. The summed E-state index contributed by atoms with van der Waals surface area (Å²) in [5, 5.41) is 9.67. The van der Waals surface area contributed by atoms with Gasteiger partial charge in [0.05, 0.1) is 12.7 Å². The lowest BCUT2D eigenvalue weighted by atomic mass is 10.2. The highest BCUT2D eigenvalue weighted by molar-refractivity contribution is 5.28. The van der Waals surface area contributed by atoms with Crippen molar-refractivity contribution in [1.82, 2.24) is 0 Å². The number of methoxy groups -OCH3 is 1. The molecule has 1 aliphatic rings. The van der Waals surface area contributed by atoms with E-state index >= 15 is 0 Å². The molecule has 0 heterocycles. The minimum absolute atomic E-state index is 0.0437. The summed E-state index contributed by atoms with van der Waals surface area (Å²) in [6, 6.07) is 7.84. The average Bonchev–Trinajstić information content (AvgIpc) is 2.66. The third kappa shape index (κ3) is 2.74. The summed E-state index contributed by atoms with van der Waals surface area (Å²) in [5.74, 6) is 0.820. The minimum atomic E-state index is -0.314. The van der Waals surface area contributed by atoms with Crippen LogP contribution in [0, 0.1) is 0 Å². The Morgan fingerprint density at radius 3 is 2.94 bits per heavy atom. The zero-order valence-electron chi connectivity index (χ0n) is 9.56. The second-order valence-electron chi connectivity index (χ2n) is 4.23. The number of rotatable bonds is 4. The van der Waals surface area contributed by atoms with Crippen molar-refractivity contribution < 1.29 is 14.6 Å². The highest BCUT2D eigenvalue weighted by Gasteiger charge is 2.26. The van der Waals surface area contributed by atoms with Crippen molar-refractivity contribution in [3.63, 3.8) is 0 Å². The summed E-state index contributed by atoms with van der Waals surface area (Å²) in [6.45, 7) is 0.588. The van der Waals surface area contributed by atoms with Gasteiger partial charge in [0.15, 0.2) is 0 Å². The van der Waals surface area contributed by atoms with Gasteiger partial charge < -0.3 is 14.6 Å². The van der Waals surface area contributed by atoms with Crippen LogP contribution in [0.1, 0.15) is 24.8 Å². The van der Waals surface area contributed by atoms with Crippen molar-refractivity contribution in [2.45, 2.75) is 38.1 Å². The fourth-order valence-electron chi connectivity index (χ4n) is 2.09. The molecule has 1 fully saturated rings. The van der Waals surface area contributed by atoms with Crippen LogP contribution in [0.5, 0.6) is 5.75 Å². The van der Waals surface area contributed by atoms with Crippen molar-refractivity contribution >= 4 is 0 Å². The van der Waals surface area contributed by atoms with E-state index in [0.717, 1.165) is 30.6 Å². The Bertz CT molecular complexity index is 338. The predicted molar refractivity (Wildman–Crippen MR) is 61.4 cm³/mol. The van der Waals surface area contributed by atoms with E-state index in [9.17, 15) is 5.11 Å². The van der Waals surface area contributed by atoms with Crippen LogP contribution in [0.15, 0.2) is 24.3 Å². The zero-order chi connectivity index (χ0) is 11.4. The van der Waals surface area contributed by atoms with Gasteiger partial charge >= 0.3 is 0 Å². The van der Waals surface area contributed by atoms with Gasteiger partial charge in [-0.05, 0) is 37.0 Å². The Hall–Kier alpha value is -1.06. The average molecular weight is 222 g/mol. The number of aliphatic hydroxyl groups is 1. The molecule has 3 nitrogen and oxygen atoms in total. The van der Waals surface area contributed by atoms with Crippen LogP contribution in [0.25, 0.3) is 0 Å². The Kier molecular flexibility index (Phi) is 3.80. The molecule has 88 valence electrons. The first-order valence-corrected chi connectivity index (χ1v) is 5.72. The van der Waals surface area contributed by atoms with E-state index in [0.29, 0.717) is 6.61 Å². The maximum Gasteiger partial charge on any atom is 0.124 e. The molecule has 0 saturated heterocycles. The number of aliphatic hydroxyl groups excluding tert-OH is 1. The molecular weight excluding hydrogens is 204 g/mol. The molecule has 0 aliphatic heterocycles. The van der Waals surface area contributed by atoms with Gasteiger partial charge in [-0.3, -0.25) is 0 Å². The molecule has 1 aromatic carbocycles. The number of benzene rings is 1. The van der Waals surface area contributed by atoms with Gasteiger partial charge in [-0.2, -0.15) is 0 Å².